The number of halogens is 2. The van der Waals surface area contributed by atoms with E-state index in [9.17, 15) is 17.6 Å². The minimum Gasteiger partial charge on any atom is -0.347 e. The maximum absolute atomic E-state index is 13.2. The predicted octanol–water partition coefficient (Wildman–Crippen LogP) is 1.72. The van der Waals surface area contributed by atoms with Crippen LogP contribution in [0, 0.1) is 5.82 Å². The van der Waals surface area contributed by atoms with Crippen molar-refractivity contribution in [1.29, 1.82) is 0 Å². The van der Waals surface area contributed by atoms with Gasteiger partial charge in [0.15, 0.2) is 0 Å². The van der Waals surface area contributed by atoms with Crippen molar-refractivity contribution >= 4 is 27.5 Å². The molecule has 1 aliphatic heterocycles. The smallest absolute Gasteiger partial charge is 0.243 e. The topological polar surface area (TPSA) is 57.7 Å². The molecule has 1 saturated heterocycles. The number of likely N-dealkylation sites (N-methyl/N-ethyl adjacent to an activating group) is 1. The number of carbonyl (C=O) groups is 1. The SMILES string of the molecule is CN(C)C(=O)C1CCCN1S(=O)(=O)c1ccc(F)c(Cl)c1. The molecule has 1 unspecified atom stereocenters. The fourth-order valence-corrected chi connectivity index (χ4v) is 4.27. The average molecular weight is 335 g/mol. The quantitative estimate of drug-likeness (QED) is 0.845. The highest BCUT2D eigenvalue weighted by atomic mass is 35.5. The molecule has 1 aliphatic rings. The van der Waals surface area contributed by atoms with Gasteiger partial charge >= 0.3 is 0 Å². The Morgan fingerprint density at radius 3 is 2.67 bits per heavy atom. The molecule has 21 heavy (non-hydrogen) atoms. The largest absolute Gasteiger partial charge is 0.347 e. The standard InChI is InChI=1S/C13H16ClFN2O3S/c1-16(2)13(18)12-4-3-7-17(12)21(19,20)9-5-6-11(15)10(14)8-9/h5-6,8,12H,3-4,7H2,1-2H3. The van der Waals surface area contributed by atoms with Crippen LogP contribution in [0.25, 0.3) is 0 Å². The highest BCUT2D eigenvalue weighted by molar-refractivity contribution is 7.89. The highest BCUT2D eigenvalue weighted by Crippen LogP contribution is 2.28. The number of nitrogens with zero attached hydrogens (tertiary/aromatic N) is 2. The molecule has 5 nitrogen and oxygen atoms in total. The maximum atomic E-state index is 13.2. The molecule has 1 heterocycles. The van der Waals surface area contributed by atoms with Crippen LogP contribution in [-0.2, 0) is 14.8 Å². The van der Waals surface area contributed by atoms with Crippen molar-refractivity contribution in [2.45, 2.75) is 23.8 Å². The van der Waals surface area contributed by atoms with Crippen LogP contribution in [0.2, 0.25) is 5.02 Å². The zero-order valence-electron chi connectivity index (χ0n) is 11.7. The Bertz CT molecular complexity index is 663. The summed E-state index contributed by atoms with van der Waals surface area (Å²) in [5.41, 5.74) is 0. The molecule has 8 heteroatoms. The summed E-state index contributed by atoms with van der Waals surface area (Å²) in [6.45, 7) is 0.265. The van der Waals surface area contributed by atoms with E-state index in [0.29, 0.717) is 12.8 Å². The Morgan fingerprint density at radius 1 is 1.43 bits per heavy atom. The zero-order chi connectivity index (χ0) is 15.8. The predicted molar refractivity (Wildman–Crippen MR) is 77.0 cm³/mol. The Morgan fingerprint density at radius 2 is 2.10 bits per heavy atom. The third-order valence-electron chi connectivity index (χ3n) is 3.43. The first-order valence-corrected chi connectivity index (χ1v) is 8.25. The molecule has 0 saturated carbocycles. The van der Waals surface area contributed by atoms with Crippen LogP contribution < -0.4 is 0 Å². The molecule has 1 aromatic carbocycles. The second-order valence-corrected chi connectivity index (χ2v) is 7.38. The normalized spacial score (nSPS) is 19.7. The van der Waals surface area contributed by atoms with E-state index in [4.69, 9.17) is 11.6 Å². The van der Waals surface area contributed by atoms with E-state index in [1.165, 1.54) is 9.21 Å². The van der Waals surface area contributed by atoms with E-state index in [1.807, 2.05) is 0 Å². The number of hydrogen-bond donors (Lipinski definition) is 0. The third kappa shape index (κ3) is 3.04. The van der Waals surface area contributed by atoms with Crippen LogP contribution in [0.3, 0.4) is 0 Å². The van der Waals surface area contributed by atoms with E-state index in [-0.39, 0.29) is 22.4 Å². The monoisotopic (exact) mass is 334 g/mol. The summed E-state index contributed by atoms with van der Waals surface area (Å²) in [5, 5.41) is -0.259. The van der Waals surface area contributed by atoms with Gasteiger partial charge in [0, 0.05) is 20.6 Å². The molecule has 0 aliphatic carbocycles. The van der Waals surface area contributed by atoms with E-state index in [0.717, 1.165) is 18.2 Å². The lowest BCUT2D eigenvalue weighted by molar-refractivity contribution is -0.132. The molecule has 0 N–H and O–H groups in total. The van der Waals surface area contributed by atoms with Crippen LogP contribution in [0.4, 0.5) is 4.39 Å². The molecule has 1 atom stereocenters. The molecule has 0 spiro atoms. The average Bonchev–Trinajstić information content (AvgIpc) is 2.90. The fraction of sp³-hybridized carbons (Fsp3) is 0.462. The van der Waals surface area contributed by atoms with E-state index in [1.54, 1.807) is 14.1 Å². The second kappa shape index (κ2) is 5.90. The van der Waals surface area contributed by atoms with E-state index >= 15 is 0 Å². The molecule has 116 valence electrons. The summed E-state index contributed by atoms with van der Waals surface area (Å²) >= 11 is 5.64. The minimum absolute atomic E-state index is 0.104. The van der Waals surface area contributed by atoms with Gasteiger partial charge in [0.25, 0.3) is 0 Å². The van der Waals surface area contributed by atoms with Crippen molar-refractivity contribution in [3.8, 4) is 0 Å². The summed E-state index contributed by atoms with van der Waals surface area (Å²) in [6, 6.07) is 2.52. The van der Waals surface area contributed by atoms with Crippen molar-refractivity contribution in [2.75, 3.05) is 20.6 Å². The molecule has 0 aromatic heterocycles. The van der Waals surface area contributed by atoms with Crippen LogP contribution in [0.5, 0.6) is 0 Å². The molecule has 1 aromatic rings. The summed E-state index contributed by atoms with van der Waals surface area (Å²) in [7, 11) is -0.704. The van der Waals surface area contributed by atoms with Gasteiger partial charge in [-0.2, -0.15) is 4.31 Å². The Hall–Kier alpha value is -1.18. The Kier molecular flexibility index (Phi) is 4.55. The van der Waals surface area contributed by atoms with Crippen LogP contribution in [0.15, 0.2) is 23.1 Å². The van der Waals surface area contributed by atoms with Crippen LogP contribution in [0.1, 0.15) is 12.8 Å². The highest BCUT2D eigenvalue weighted by Gasteiger charge is 2.40. The van der Waals surface area contributed by atoms with Gasteiger partial charge in [-0.05, 0) is 31.0 Å². The first-order valence-electron chi connectivity index (χ1n) is 6.43. The summed E-state index contributed by atoms with van der Waals surface area (Å²) in [5.74, 6) is -0.942. The number of carbonyl (C=O) groups excluding carboxylic acids is 1. The van der Waals surface area contributed by atoms with Gasteiger partial charge < -0.3 is 4.90 Å². The Labute approximate surface area is 128 Å². The number of rotatable bonds is 3. The van der Waals surface area contributed by atoms with E-state index in [2.05, 4.69) is 0 Å². The van der Waals surface area contributed by atoms with Crippen molar-refractivity contribution < 1.29 is 17.6 Å². The van der Waals surface area contributed by atoms with Gasteiger partial charge in [0.1, 0.15) is 11.9 Å². The molecule has 2 rings (SSSR count). The number of hydrogen-bond acceptors (Lipinski definition) is 3. The van der Waals surface area contributed by atoms with Crippen molar-refractivity contribution in [3.63, 3.8) is 0 Å². The minimum atomic E-state index is -3.87. The molecule has 1 fully saturated rings. The first kappa shape index (κ1) is 16.2. The molecule has 0 bridgehead atoms. The van der Waals surface area contributed by atoms with Gasteiger partial charge in [-0.25, -0.2) is 12.8 Å². The third-order valence-corrected chi connectivity index (χ3v) is 5.62. The van der Waals surface area contributed by atoms with Gasteiger partial charge in [-0.3, -0.25) is 4.79 Å². The lowest BCUT2D eigenvalue weighted by atomic mass is 10.2. The summed E-state index contributed by atoms with van der Waals surface area (Å²) in [6.07, 6.45) is 1.09. The van der Waals surface area contributed by atoms with Gasteiger partial charge in [0.05, 0.1) is 9.92 Å². The van der Waals surface area contributed by atoms with Crippen LogP contribution in [-0.4, -0.2) is 50.2 Å². The lowest BCUT2D eigenvalue weighted by Crippen LogP contribution is -2.45. The molecule has 0 radical (unpaired) electrons. The molecular formula is C13H16ClFN2O3S. The maximum Gasteiger partial charge on any atom is 0.243 e. The van der Waals surface area contributed by atoms with Crippen LogP contribution >= 0.6 is 11.6 Å². The van der Waals surface area contributed by atoms with Gasteiger partial charge in [0.2, 0.25) is 15.9 Å². The van der Waals surface area contributed by atoms with Gasteiger partial charge in [-0.15, -0.1) is 0 Å². The number of amides is 1. The summed E-state index contributed by atoms with van der Waals surface area (Å²) < 4.78 is 39.6. The van der Waals surface area contributed by atoms with Gasteiger partial charge in [-0.1, -0.05) is 11.6 Å². The van der Waals surface area contributed by atoms with Crippen molar-refractivity contribution in [1.82, 2.24) is 9.21 Å². The lowest BCUT2D eigenvalue weighted by Gasteiger charge is -2.25. The van der Waals surface area contributed by atoms with Crippen molar-refractivity contribution in [2.24, 2.45) is 0 Å². The molecular weight excluding hydrogens is 319 g/mol. The first-order chi connectivity index (χ1) is 9.75. The number of sulfonamides is 1. The number of benzene rings is 1. The Balaban J connectivity index is 2.38. The zero-order valence-corrected chi connectivity index (χ0v) is 13.3. The fourth-order valence-electron chi connectivity index (χ4n) is 2.35. The molecule has 1 amide bonds. The second-order valence-electron chi connectivity index (χ2n) is 5.08. The van der Waals surface area contributed by atoms with E-state index < -0.39 is 21.9 Å². The van der Waals surface area contributed by atoms with Crippen molar-refractivity contribution in [3.05, 3.63) is 29.0 Å². The summed E-state index contributed by atoms with van der Waals surface area (Å²) in [4.78, 5) is 13.4.